The van der Waals surface area contributed by atoms with Gasteiger partial charge in [0.25, 0.3) is 5.56 Å². The highest BCUT2D eigenvalue weighted by Crippen LogP contribution is 2.33. The maximum atomic E-state index is 12.0. The Morgan fingerprint density at radius 2 is 2.10 bits per heavy atom. The summed E-state index contributed by atoms with van der Waals surface area (Å²) < 4.78 is 7.43. The molecular weight excluding hydrogens is 266 g/mol. The fraction of sp³-hybridized carbons (Fsp3) is 0.125. The zero-order valence-corrected chi connectivity index (χ0v) is 11.7. The molecular formula is C16H13N3O2. The van der Waals surface area contributed by atoms with Crippen molar-refractivity contribution in [2.75, 3.05) is 0 Å². The van der Waals surface area contributed by atoms with Crippen LogP contribution in [0.25, 0.3) is 33.1 Å². The van der Waals surface area contributed by atoms with Crippen molar-refractivity contribution in [3.05, 3.63) is 52.9 Å². The van der Waals surface area contributed by atoms with Gasteiger partial charge in [-0.3, -0.25) is 4.79 Å². The van der Waals surface area contributed by atoms with Crippen LogP contribution in [0.15, 0.2) is 45.9 Å². The van der Waals surface area contributed by atoms with Gasteiger partial charge in [-0.25, -0.2) is 4.98 Å². The number of H-pyrrole nitrogens is 1. The monoisotopic (exact) mass is 279 g/mol. The molecule has 1 N–H and O–H groups in total. The van der Waals surface area contributed by atoms with Gasteiger partial charge in [0, 0.05) is 42.9 Å². The highest BCUT2D eigenvalue weighted by atomic mass is 16.3. The van der Waals surface area contributed by atoms with Gasteiger partial charge in [-0.2, -0.15) is 0 Å². The Hall–Kier alpha value is -2.82. The number of hydrogen-bond donors (Lipinski definition) is 1. The first-order chi connectivity index (χ1) is 10.1. The van der Waals surface area contributed by atoms with Gasteiger partial charge >= 0.3 is 0 Å². The van der Waals surface area contributed by atoms with E-state index in [2.05, 4.69) is 9.97 Å². The van der Waals surface area contributed by atoms with Crippen LogP contribution >= 0.6 is 0 Å². The molecule has 4 rings (SSSR count). The lowest BCUT2D eigenvalue weighted by molar-refractivity contribution is 0.561. The van der Waals surface area contributed by atoms with E-state index in [1.54, 1.807) is 6.20 Å². The molecule has 0 atom stereocenters. The van der Waals surface area contributed by atoms with Crippen molar-refractivity contribution in [3.63, 3.8) is 0 Å². The number of oxazole rings is 1. The average Bonchev–Trinajstić information content (AvgIpc) is 2.99. The molecule has 3 aromatic heterocycles. The number of para-hydroxylation sites is 1. The lowest BCUT2D eigenvalue weighted by Gasteiger charge is -1.99. The summed E-state index contributed by atoms with van der Waals surface area (Å²) in [6.45, 7) is 1.83. The molecule has 0 spiro atoms. The van der Waals surface area contributed by atoms with E-state index in [1.165, 1.54) is 0 Å². The molecule has 4 aromatic rings. The van der Waals surface area contributed by atoms with Gasteiger partial charge in [-0.05, 0) is 12.1 Å². The van der Waals surface area contributed by atoms with E-state index < -0.39 is 0 Å². The predicted octanol–water partition coefficient (Wildman–Crippen LogP) is 2.98. The molecule has 5 heteroatoms. The molecule has 0 unspecified atom stereocenters. The molecule has 0 saturated carbocycles. The van der Waals surface area contributed by atoms with Crippen LogP contribution in [-0.2, 0) is 7.05 Å². The molecule has 5 nitrogen and oxygen atoms in total. The molecule has 0 bridgehead atoms. The van der Waals surface area contributed by atoms with Gasteiger partial charge in [0.15, 0.2) is 11.5 Å². The molecule has 1 aromatic carbocycles. The number of nitrogens with one attached hydrogen (secondary N) is 1. The third-order valence-corrected chi connectivity index (χ3v) is 3.72. The fourth-order valence-electron chi connectivity index (χ4n) is 2.86. The molecule has 0 saturated heterocycles. The summed E-state index contributed by atoms with van der Waals surface area (Å²) in [6, 6.07) is 7.75. The van der Waals surface area contributed by atoms with Crippen molar-refractivity contribution in [3.8, 4) is 11.1 Å². The Bertz CT molecular complexity index is 1040. The van der Waals surface area contributed by atoms with Crippen LogP contribution in [0.1, 0.15) is 5.89 Å². The minimum Gasteiger partial charge on any atom is -0.441 e. The highest BCUT2D eigenvalue weighted by molar-refractivity contribution is 6.02. The maximum absolute atomic E-state index is 12.0. The Balaban J connectivity index is 2.14. The van der Waals surface area contributed by atoms with Crippen LogP contribution in [0.4, 0.5) is 0 Å². The van der Waals surface area contributed by atoms with Crippen molar-refractivity contribution in [1.82, 2.24) is 14.5 Å². The van der Waals surface area contributed by atoms with E-state index >= 15 is 0 Å². The first kappa shape index (κ1) is 12.0. The fourth-order valence-corrected chi connectivity index (χ4v) is 2.86. The number of fused-ring (bicyclic) bond motifs is 2. The van der Waals surface area contributed by atoms with Gasteiger partial charge in [0.1, 0.15) is 11.0 Å². The molecule has 0 amide bonds. The van der Waals surface area contributed by atoms with Crippen molar-refractivity contribution < 1.29 is 4.42 Å². The highest BCUT2D eigenvalue weighted by Gasteiger charge is 2.15. The second-order valence-corrected chi connectivity index (χ2v) is 5.11. The van der Waals surface area contributed by atoms with E-state index in [9.17, 15) is 4.79 Å². The third-order valence-electron chi connectivity index (χ3n) is 3.72. The number of nitrogens with zero attached hydrogens (tertiary/aromatic N) is 2. The number of benzene rings is 1. The quantitative estimate of drug-likeness (QED) is 0.582. The Kier molecular flexibility index (Phi) is 2.33. The molecule has 21 heavy (non-hydrogen) atoms. The number of hydrogen-bond acceptors (Lipinski definition) is 3. The molecule has 0 aliphatic heterocycles. The number of aromatic amines is 1. The Morgan fingerprint density at radius 3 is 2.95 bits per heavy atom. The van der Waals surface area contributed by atoms with Crippen molar-refractivity contribution in [2.24, 2.45) is 7.05 Å². The van der Waals surface area contributed by atoms with Crippen LogP contribution in [0.5, 0.6) is 0 Å². The number of aromatic nitrogens is 3. The Morgan fingerprint density at radius 1 is 1.24 bits per heavy atom. The summed E-state index contributed by atoms with van der Waals surface area (Å²) in [5, 5.41) is 0.911. The van der Waals surface area contributed by atoms with Crippen LogP contribution < -0.4 is 5.56 Å². The molecule has 0 radical (unpaired) electrons. The predicted molar refractivity (Wildman–Crippen MR) is 81.3 cm³/mol. The minimum absolute atomic E-state index is 0.0928. The van der Waals surface area contributed by atoms with Gasteiger partial charge in [0.05, 0.1) is 0 Å². The lowest BCUT2D eigenvalue weighted by Crippen LogP contribution is -2.07. The topological polar surface area (TPSA) is 63.8 Å². The zero-order chi connectivity index (χ0) is 14.6. The summed E-state index contributed by atoms with van der Waals surface area (Å²) in [4.78, 5) is 19.2. The second kappa shape index (κ2) is 4.09. The standard InChI is InChI=1S/C16H13N3O2/c1-9-18-14-10(4-3-5-13(14)21-9)12-8-19(2)15-11(12)6-7-17-16(15)20/h3-8H,1-2H3,(H,17,20). The van der Waals surface area contributed by atoms with Gasteiger partial charge in [-0.1, -0.05) is 12.1 Å². The number of aryl methyl sites for hydroxylation is 2. The smallest absolute Gasteiger partial charge is 0.272 e. The van der Waals surface area contributed by atoms with Crippen LogP contribution in [0.3, 0.4) is 0 Å². The summed E-state index contributed by atoms with van der Waals surface area (Å²) in [7, 11) is 1.87. The molecule has 0 aliphatic rings. The van der Waals surface area contributed by atoms with Crippen molar-refractivity contribution >= 4 is 22.0 Å². The molecule has 104 valence electrons. The van der Waals surface area contributed by atoms with E-state index in [1.807, 2.05) is 49.0 Å². The largest absolute Gasteiger partial charge is 0.441 e. The van der Waals surface area contributed by atoms with Crippen molar-refractivity contribution in [2.45, 2.75) is 6.92 Å². The average molecular weight is 279 g/mol. The molecule has 3 heterocycles. The summed E-state index contributed by atoms with van der Waals surface area (Å²) in [6.07, 6.45) is 3.63. The van der Waals surface area contributed by atoms with E-state index in [0.29, 0.717) is 11.4 Å². The van der Waals surface area contributed by atoms with E-state index in [-0.39, 0.29) is 5.56 Å². The van der Waals surface area contributed by atoms with Gasteiger partial charge in [0.2, 0.25) is 0 Å². The third kappa shape index (κ3) is 1.64. The zero-order valence-electron chi connectivity index (χ0n) is 11.7. The van der Waals surface area contributed by atoms with Gasteiger partial charge in [-0.15, -0.1) is 0 Å². The second-order valence-electron chi connectivity index (χ2n) is 5.11. The summed E-state index contributed by atoms with van der Waals surface area (Å²) in [5.41, 5.74) is 4.10. The normalized spacial score (nSPS) is 11.5. The van der Waals surface area contributed by atoms with Crippen LogP contribution in [0, 0.1) is 6.92 Å². The SMILES string of the molecule is Cc1nc2c(-c3cn(C)c4c(=O)[nH]ccc34)cccc2o1. The summed E-state index contributed by atoms with van der Waals surface area (Å²) >= 11 is 0. The van der Waals surface area contributed by atoms with E-state index in [0.717, 1.165) is 27.6 Å². The summed E-state index contributed by atoms with van der Waals surface area (Å²) in [5.74, 6) is 0.635. The first-order valence-corrected chi connectivity index (χ1v) is 6.68. The lowest BCUT2D eigenvalue weighted by atomic mass is 10.0. The van der Waals surface area contributed by atoms with E-state index in [4.69, 9.17) is 4.42 Å². The van der Waals surface area contributed by atoms with Crippen LogP contribution in [0.2, 0.25) is 0 Å². The number of rotatable bonds is 1. The van der Waals surface area contributed by atoms with Gasteiger partial charge < -0.3 is 14.0 Å². The number of pyridine rings is 1. The maximum Gasteiger partial charge on any atom is 0.272 e. The Labute approximate surface area is 119 Å². The first-order valence-electron chi connectivity index (χ1n) is 6.68. The van der Waals surface area contributed by atoms with Crippen LogP contribution in [-0.4, -0.2) is 14.5 Å². The van der Waals surface area contributed by atoms with Crippen molar-refractivity contribution in [1.29, 1.82) is 0 Å². The molecule has 0 aliphatic carbocycles. The molecule has 0 fully saturated rings. The minimum atomic E-state index is -0.0928.